The van der Waals surface area contributed by atoms with Gasteiger partial charge in [0.15, 0.2) is 11.5 Å². The Morgan fingerprint density at radius 1 is 1.07 bits per heavy atom. The number of aliphatic hydroxyl groups is 4. The summed E-state index contributed by atoms with van der Waals surface area (Å²) in [7, 11) is 0. The minimum atomic E-state index is -1.64. The number of fused-ring (bicyclic) bond motifs is 2. The monoisotopic (exact) mass is 586 g/mol. The molecule has 0 amide bonds. The van der Waals surface area contributed by atoms with Gasteiger partial charge in [0.25, 0.3) is 5.56 Å². The molecule has 2 aliphatic heterocycles. The molecular weight excluding hydrogens is 563 g/mol. The van der Waals surface area contributed by atoms with Crippen LogP contribution in [0.1, 0.15) is 11.1 Å². The van der Waals surface area contributed by atoms with Crippen LogP contribution in [0.4, 0.5) is 0 Å². The van der Waals surface area contributed by atoms with E-state index >= 15 is 0 Å². The van der Waals surface area contributed by atoms with E-state index < -0.39 is 36.2 Å². The second-order valence-electron chi connectivity index (χ2n) is 6.50. The fourth-order valence-electron chi connectivity index (χ4n) is 2.89. The predicted octanol–water partition coefficient (Wildman–Crippen LogP) is -2.64. The number of hydrogen-bond acceptors (Lipinski definition) is 8. The predicted molar refractivity (Wildman–Crippen MR) is 104 cm³/mol. The van der Waals surface area contributed by atoms with Crippen LogP contribution in [0.2, 0.25) is 0 Å². The van der Waals surface area contributed by atoms with Crippen LogP contribution in [0.15, 0.2) is 21.7 Å². The molecular formula is C17H22N4O6Pb. The van der Waals surface area contributed by atoms with E-state index in [1.165, 1.54) is 4.57 Å². The second-order valence-corrected chi connectivity index (χ2v) is 6.50. The normalized spacial score (nSPS) is 14.6. The van der Waals surface area contributed by atoms with E-state index in [9.17, 15) is 24.9 Å². The molecule has 1 aromatic carbocycles. The third-order valence-electron chi connectivity index (χ3n) is 4.57. The summed E-state index contributed by atoms with van der Waals surface area (Å²) in [5.74, 6) is -0.0516. The fourth-order valence-corrected chi connectivity index (χ4v) is 2.89. The summed E-state index contributed by atoms with van der Waals surface area (Å²) < 4.78 is 1.40. The second kappa shape index (κ2) is 8.73. The topological polar surface area (TPSA) is 162 Å². The van der Waals surface area contributed by atoms with Gasteiger partial charge in [-0.1, -0.05) is 0 Å². The number of aromatic amines is 1. The Kier molecular flexibility index (Phi) is 7.03. The molecule has 11 heteroatoms. The van der Waals surface area contributed by atoms with Gasteiger partial charge in [-0.05, 0) is 37.1 Å². The fraction of sp³-hybridized carbons (Fsp3) is 0.412. The Bertz CT molecular complexity index is 1080. The molecule has 3 rings (SSSR count). The molecule has 0 aliphatic carbocycles. The van der Waals surface area contributed by atoms with Crippen LogP contribution in [-0.2, 0) is 6.54 Å². The molecule has 2 heterocycles. The zero-order valence-corrected chi connectivity index (χ0v) is 21.0. The van der Waals surface area contributed by atoms with Crippen molar-refractivity contribution in [3.05, 3.63) is 44.1 Å². The number of aromatic nitrogens is 4. The van der Waals surface area contributed by atoms with Crippen LogP contribution >= 0.6 is 0 Å². The molecule has 0 spiro atoms. The van der Waals surface area contributed by atoms with Gasteiger partial charge < -0.3 is 25.0 Å². The van der Waals surface area contributed by atoms with Crippen molar-refractivity contribution in [3.63, 3.8) is 0 Å². The molecule has 1 aromatic rings. The zero-order chi connectivity index (χ0) is 19.9. The summed E-state index contributed by atoms with van der Waals surface area (Å²) in [4.78, 5) is 34.0. The summed E-state index contributed by atoms with van der Waals surface area (Å²) in [6, 6.07) is 3.53. The van der Waals surface area contributed by atoms with Gasteiger partial charge in [-0.3, -0.25) is 9.78 Å². The van der Waals surface area contributed by atoms with Crippen molar-refractivity contribution in [1.82, 2.24) is 19.5 Å². The molecule has 3 atom stereocenters. The molecule has 0 aromatic heterocycles. The standard InChI is InChI=1S/C17H20N4O6.Pb.2H/c1-7-3-9-10(4-8(7)2)21(5-11(23)14(25)12(24)6-22)15-13(18-9)16(26)20-17(27)19-15;;;/h3-4,11-12,14,22-25H,5-6H2,1-2H3,(H,20,26,27);;;/t11-,12+,14-;;;/m0.../s1. The van der Waals surface area contributed by atoms with Gasteiger partial charge >= 0.3 is 33.0 Å². The minimum absolute atomic E-state index is 0. The number of benzene rings is 1. The maximum absolute atomic E-state index is 12.2. The Morgan fingerprint density at radius 2 is 1.71 bits per heavy atom. The average Bonchev–Trinajstić information content (AvgIpc) is 2.62. The summed E-state index contributed by atoms with van der Waals surface area (Å²) in [5, 5.41) is 38.8. The Hall–Kier alpha value is -1.74. The number of nitrogens with one attached hydrogen (secondary N) is 1. The number of hydrogen-bond donors (Lipinski definition) is 5. The van der Waals surface area contributed by atoms with Crippen molar-refractivity contribution in [1.29, 1.82) is 0 Å². The molecule has 5 N–H and O–H groups in total. The third kappa shape index (κ3) is 4.15. The van der Waals surface area contributed by atoms with Gasteiger partial charge in [0.2, 0.25) is 0 Å². The van der Waals surface area contributed by atoms with Gasteiger partial charge in [0.1, 0.15) is 18.3 Å². The number of rotatable bonds is 5. The van der Waals surface area contributed by atoms with Crippen LogP contribution in [0.3, 0.4) is 0 Å². The Morgan fingerprint density at radius 3 is 2.36 bits per heavy atom. The Labute approximate surface area is 179 Å². The van der Waals surface area contributed by atoms with Gasteiger partial charge in [-0.2, -0.15) is 4.98 Å². The SMILES string of the molecule is Cc1cc2nc3c(=O)[nH]c(=O)nc-3n(C[C@H](O)[C@H](O)[C@H](O)CO)c2cc1C.[PbH2]. The number of aliphatic hydroxyl groups excluding tert-OH is 4. The quantitative estimate of drug-likeness (QED) is 0.160. The van der Waals surface area contributed by atoms with E-state index in [4.69, 9.17) is 5.11 Å². The van der Waals surface area contributed by atoms with E-state index in [2.05, 4.69) is 15.0 Å². The zero-order valence-electron chi connectivity index (χ0n) is 15.5. The molecule has 0 fully saturated rings. The van der Waals surface area contributed by atoms with Crippen LogP contribution in [-0.4, -0.2) is 92.2 Å². The first-order valence-electron chi connectivity index (χ1n) is 8.29. The van der Waals surface area contributed by atoms with Gasteiger partial charge in [-0.25, -0.2) is 9.78 Å². The maximum atomic E-state index is 12.2. The van der Waals surface area contributed by atoms with Crippen LogP contribution in [0.5, 0.6) is 0 Å². The van der Waals surface area contributed by atoms with E-state index in [1.54, 1.807) is 12.1 Å². The number of nitrogens with zero attached hydrogens (tertiary/aromatic N) is 3. The molecule has 150 valence electrons. The van der Waals surface area contributed by atoms with E-state index in [1.807, 2.05) is 13.8 Å². The van der Waals surface area contributed by atoms with Gasteiger partial charge in [0, 0.05) is 0 Å². The van der Waals surface area contributed by atoms with E-state index in [-0.39, 0.29) is 45.4 Å². The Balaban J connectivity index is 0.00000280. The first kappa shape index (κ1) is 22.6. The molecule has 0 bridgehead atoms. The van der Waals surface area contributed by atoms with E-state index in [0.29, 0.717) is 11.0 Å². The molecule has 0 unspecified atom stereocenters. The molecule has 28 heavy (non-hydrogen) atoms. The van der Waals surface area contributed by atoms with Crippen molar-refractivity contribution in [2.75, 3.05) is 6.61 Å². The van der Waals surface area contributed by atoms with Crippen molar-refractivity contribution in [2.45, 2.75) is 38.7 Å². The molecule has 2 radical (unpaired) electrons. The third-order valence-corrected chi connectivity index (χ3v) is 4.57. The molecule has 0 saturated carbocycles. The van der Waals surface area contributed by atoms with Crippen molar-refractivity contribution < 1.29 is 20.4 Å². The number of H-pyrrole nitrogens is 1. The summed E-state index contributed by atoms with van der Waals surface area (Å²) in [6.07, 6.45) is -4.68. The van der Waals surface area contributed by atoms with Crippen LogP contribution < -0.4 is 11.2 Å². The van der Waals surface area contributed by atoms with E-state index in [0.717, 1.165) is 11.1 Å². The van der Waals surface area contributed by atoms with Crippen molar-refractivity contribution in [3.8, 4) is 11.5 Å². The molecule has 2 aliphatic rings. The van der Waals surface area contributed by atoms with Crippen LogP contribution in [0, 0.1) is 13.8 Å². The first-order chi connectivity index (χ1) is 12.7. The first-order valence-corrected chi connectivity index (χ1v) is 8.29. The van der Waals surface area contributed by atoms with Crippen molar-refractivity contribution in [2.24, 2.45) is 0 Å². The average molecular weight is 586 g/mol. The van der Waals surface area contributed by atoms with Crippen LogP contribution in [0.25, 0.3) is 22.6 Å². The van der Waals surface area contributed by atoms with Gasteiger partial charge in [-0.15, -0.1) is 0 Å². The number of aryl methyl sites for hydroxylation is 2. The summed E-state index contributed by atoms with van der Waals surface area (Å²) in [5.41, 5.74) is 1.11. The molecule has 10 nitrogen and oxygen atoms in total. The molecule has 0 saturated heterocycles. The summed E-state index contributed by atoms with van der Waals surface area (Å²) >= 11 is 0. The summed E-state index contributed by atoms with van der Waals surface area (Å²) in [6.45, 7) is 2.73. The van der Waals surface area contributed by atoms with Crippen molar-refractivity contribution >= 4 is 38.3 Å². The van der Waals surface area contributed by atoms with Gasteiger partial charge in [0.05, 0.1) is 24.2 Å².